The minimum atomic E-state index is -0.502. The fourth-order valence-corrected chi connectivity index (χ4v) is 2.90. The summed E-state index contributed by atoms with van der Waals surface area (Å²) >= 11 is 0. The molecule has 2 aliphatic rings. The summed E-state index contributed by atoms with van der Waals surface area (Å²) in [6, 6.07) is 4.21. The number of halogens is 1. The number of benzene rings is 1. The molecule has 1 atom stereocenters. The minimum absolute atomic E-state index is 0.0363. The highest BCUT2D eigenvalue weighted by molar-refractivity contribution is 6.01. The molecule has 0 radical (unpaired) electrons. The van der Waals surface area contributed by atoms with Crippen LogP contribution in [0.4, 0.5) is 10.1 Å². The number of nitrogens with zero attached hydrogens (tertiary/aromatic N) is 2. The van der Waals surface area contributed by atoms with Crippen LogP contribution in [0.5, 0.6) is 0 Å². The maximum Gasteiger partial charge on any atom is 0.230 e. The highest BCUT2D eigenvalue weighted by Gasteiger charge is 2.34. The standard InChI is InChI=1S/C15H18FN3O2/c1-18-4-6-19(7-5-18)15(21)12-9-14(20)17-13-8-10(16)2-3-11(12)13/h2-3,8,12H,4-7,9H2,1H3,(H,17,20). The van der Waals surface area contributed by atoms with E-state index in [2.05, 4.69) is 10.2 Å². The summed E-state index contributed by atoms with van der Waals surface area (Å²) in [7, 11) is 2.02. The Balaban J connectivity index is 1.85. The van der Waals surface area contributed by atoms with Crippen molar-refractivity contribution in [3.63, 3.8) is 0 Å². The quantitative estimate of drug-likeness (QED) is 0.840. The molecule has 2 aliphatic heterocycles. The first kappa shape index (κ1) is 14.0. The zero-order chi connectivity index (χ0) is 15.0. The molecule has 1 unspecified atom stereocenters. The molecule has 1 aromatic carbocycles. The second-order valence-corrected chi connectivity index (χ2v) is 5.67. The van der Waals surface area contributed by atoms with Crippen molar-refractivity contribution in [2.45, 2.75) is 12.3 Å². The van der Waals surface area contributed by atoms with Crippen LogP contribution in [0, 0.1) is 5.82 Å². The lowest BCUT2D eigenvalue weighted by atomic mass is 9.89. The smallest absolute Gasteiger partial charge is 0.230 e. The third kappa shape index (κ3) is 2.76. The Hall–Kier alpha value is -1.95. The Morgan fingerprint density at radius 1 is 1.29 bits per heavy atom. The number of carbonyl (C=O) groups is 2. The van der Waals surface area contributed by atoms with Gasteiger partial charge in [0.25, 0.3) is 0 Å². The van der Waals surface area contributed by atoms with Crippen LogP contribution >= 0.6 is 0 Å². The van der Waals surface area contributed by atoms with Gasteiger partial charge in [-0.25, -0.2) is 4.39 Å². The van der Waals surface area contributed by atoms with Crippen molar-refractivity contribution in [1.29, 1.82) is 0 Å². The molecule has 0 saturated carbocycles. The van der Waals surface area contributed by atoms with Gasteiger partial charge in [-0.1, -0.05) is 6.07 Å². The number of amides is 2. The molecule has 1 fully saturated rings. The first-order valence-corrected chi connectivity index (χ1v) is 7.11. The Bertz CT molecular complexity index is 582. The number of fused-ring (bicyclic) bond motifs is 1. The van der Waals surface area contributed by atoms with Gasteiger partial charge in [0.2, 0.25) is 11.8 Å². The summed E-state index contributed by atoms with van der Waals surface area (Å²) in [6.07, 6.45) is 0.129. The number of piperazine rings is 1. The molecule has 112 valence electrons. The Morgan fingerprint density at radius 3 is 2.71 bits per heavy atom. The predicted molar refractivity (Wildman–Crippen MR) is 76.5 cm³/mol. The lowest BCUT2D eigenvalue weighted by molar-refractivity contribution is -0.136. The van der Waals surface area contributed by atoms with Crippen LogP contribution in [0.15, 0.2) is 18.2 Å². The molecule has 6 heteroatoms. The van der Waals surface area contributed by atoms with E-state index in [1.807, 2.05) is 7.05 Å². The molecule has 2 amide bonds. The van der Waals surface area contributed by atoms with Gasteiger partial charge in [-0.3, -0.25) is 9.59 Å². The number of hydrogen-bond donors (Lipinski definition) is 1. The topological polar surface area (TPSA) is 52.7 Å². The van der Waals surface area contributed by atoms with Gasteiger partial charge in [-0.2, -0.15) is 0 Å². The lowest BCUT2D eigenvalue weighted by Gasteiger charge is -2.36. The van der Waals surface area contributed by atoms with Gasteiger partial charge in [-0.15, -0.1) is 0 Å². The summed E-state index contributed by atoms with van der Waals surface area (Å²) in [6.45, 7) is 3.01. The minimum Gasteiger partial charge on any atom is -0.340 e. The molecule has 0 aliphatic carbocycles. The van der Waals surface area contributed by atoms with E-state index >= 15 is 0 Å². The van der Waals surface area contributed by atoms with E-state index in [-0.39, 0.29) is 18.2 Å². The number of rotatable bonds is 1. The molecule has 3 rings (SSSR count). The normalized spacial score (nSPS) is 22.7. The summed E-state index contributed by atoms with van der Waals surface area (Å²) in [5.41, 5.74) is 1.12. The summed E-state index contributed by atoms with van der Waals surface area (Å²) < 4.78 is 13.3. The third-order valence-corrected chi connectivity index (χ3v) is 4.17. The third-order valence-electron chi connectivity index (χ3n) is 4.17. The van der Waals surface area contributed by atoms with Gasteiger partial charge in [0.05, 0.1) is 5.92 Å². The lowest BCUT2D eigenvalue weighted by Crippen LogP contribution is -2.49. The van der Waals surface area contributed by atoms with Crippen LogP contribution in [-0.2, 0) is 9.59 Å². The van der Waals surface area contributed by atoms with Crippen LogP contribution in [0.1, 0.15) is 17.9 Å². The number of carbonyl (C=O) groups excluding carboxylic acids is 2. The second kappa shape index (κ2) is 5.44. The van der Waals surface area contributed by atoms with Crippen LogP contribution in [0.3, 0.4) is 0 Å². The number of nitrogens with one attached hydrogen (secondary N) is 1. The van der Waals surface area contributed by atoms with Gasteiger partial charge in [0.15, 0.2) is 0 Å². The first-order valence-electron chi connectivity index (χ1n) is 7.11. The second-order valence-electron chi connectivity index (χ2n) is 5.67. The molecule has 1 aromatic rings. The molecular formula is C15H18FN3O2. The fourth-order valence-electron chi connectivity index (χ4n) is 2.90. The van der Waals surface area contributed by atoms with Crippen molar-refractivity contribution in [3.8, 4) is 0 Å². The van der Waals surface area contributed by atoms with Gasteiger partial charge in [-0.05, 0) is 24.7 Å². The zero-order valence-electron chi connectivity index (χ0n) is 11.9. The van der Waals surface area contributed by atoms with Gasteiger partial charge >= 0.3 is 0 Å². The Kier molecular flexibility index (Phi) is 3.63. The zero-order valence-corrected chi connectivity index (χ0v) is 11.9. The van der Waals surface area contributed by atoms with E-state index in [0.717, 1.165) is 13.1 Å². The van der Waals surface area contributed by atoms with Crippen molar-refractivity contribution in [1.82, 2.24) is 9.80 Å². The van der Waals surface area contributed by atoms with Crippen LogP contribution in [0.2, 0.25) is 0 Å². The van der Waals surface area contributed by atoms with E-state index in [1.165, 1.54) is 12.1 Å². The maximum absolute atomic E-state index is 13.3. The van der Waals surface area contributed by atoms with Crippen molar-refractivity contribution >= 4 is 17.5 Å². The first-order chi connectivity index (χ1) is 10.0. The van der Waals surface area contributed by atoms with E-state index in [0.29, 0.717) is 24.3 Å². The average molecular weight is 291 g/mol. The van der Waals surface area contributed by atoms with Gasteiger partial charge in [0, 0.05) is 38.3 Å². The highest BCUT2D eigenvalue weighted by atomic mass is 19.1. The molecule has 0 spiro atoms. The van der Waals surface area contributed by atoms with Crippen molar-refractivity contribution in [2.24, 2.45) is 0 Å². The molecular weight excluding hydrogens is 273 g/mol. The van der Waals surface area contributed by atoms with Crippen LogP contribution in [0.25, 0.3) is 0 Å². The van der Waals surface area contributed by atoms with Gasteiger partial charge in [0.1, 0.15) is 5.82 Å². The van der Waals surface area contributed by atoms with Crippen molar-refractivity contribution < 1.29 is 14.0 Å². The molecule has 2 heterocycles. The maximum atomic E-state index is 13.3. The van der Waals surface area contributed by atoms with E-state index in [4.69, 9.17) is 0 Å². The summed E-state index contributed by atoms with van der Waals surface area (Å²) in [5, 5.41) is 2.64. The average Bonchev–Trinajstić information content (AvgIpc) is 2.46. The molecule has 0 aromatic heterocycles. The molecule has 0 bridgehead atoms. The molecule has 1 saturated heterocycles. The van der Waals surface area contributed by atoms with Crippen molar-refractivity contribution in [3.05, 3.63) is 29.6 Å². The van der Waals surface area contributed by atoms with Crippen molar-refractivity contribution in [2.75, 3.05) is 38.5 Å². The predicted octanol–water partition coefficient (Wildman–Crippen LogP) is 1.03. The fraction of sp³-hybridized carbons (Fsp3) is 0.467. The number of anilines is 1. The highest BCUT2D eigenvalue weighted by Crippen LogP contribution is 2.34. The SMILES string of the molecule is CN1CCN(C(=O)C2CC(=O)Nc3cc(F)ccc32)CC1. The van der Waals surface area contributed by atoms with Crippen LogP contribution in [-0.4, -0.2) is 54.8 Å². The van der Waals surface area contributed by atoms with E-state index < -0.39 is 11.7 Å². The Morgan fingerprint density at radius 2 is 2.00 bits per heavy atom. The number of likely N-dealkylation sites (N-methyl/N-ethyl adjacent to an activating group) is 1. The van der Waals surface area contributed by atoms with Gasteiger partial charge < -0.3 is 15.1 Å². The summed E-state index contributed by atoms with van der Waals surface area (Å²) in [4.78, 5) is 28.4. The monoisotopic (exact) mass is 291 g/mol. The summed E-state index contributed by atoms with van der Waals surface area (Å²) in [5.74, 6) is -1.19. The molecule has 5 nitrogen and oxygen atoms in total. The van der Waals surface area contributed by atoms with E-state index in [1.54, 1.807) is 11.0 Å². The van der Waals surface area contributed by atoms with E-state index in [9.17, 15) is 14.0 Å². The molecule has 1 N–H and O–H groups in total. The number of hydrogen-bond acceptors (Lipinski definition) is 3. The molecule has 21 heavy (non-hydrogen) atoms. The largest absolute Gasteiger partial charge is 0.340 e. The van der Waals surface area contributed by atoms with Crippen LogP contribution < -0.4 is 5.32 Å². The Labute approximate surface area is 122 Å².